The average molecular weight is 348 g/mol. The van der Waals surface area contributed by atoms with Crippen molar-refractivity contribution in [3.63, 3.8) is 0 Å². The largest absolute Gasteiger partial charge is 0.508 e. The Balaban J connectivity index is 2.05. The van der Waals surface area contributed by atoms with Gasteiger partial charge in [0.2, 0.25) is 0 Å². The lowest BCUT2D eigenvalue weighted by molar-refractivity contribution is -0.131. The molecule has 3 rings (SSSR count). The van der Waals surface area contributed by atoms with Crippen LogP contribution in [0.25, 0.3) is 11.6 Å². The van der Waals surface area contributed by atoms with Gasteiger partial charge < -0.3 is 10.2 Å². The first kappa shape index (κ1) is 18.0. The van der Waals surface area contributed by atoms with Crippen molar-refractivity contribution in [2.24, 2.45) is 0 Å². The van der Waals surface area contributed by atoms with Crippen LogP contribution in [0.4, 0.5) is 0 Å². The summed E-state index contributed by atoms with van der Waals surface area (Å²) in [5.41, 5.74) is 6.96. The Labute approximate surface area is 154 Å². The molecule has 2 N–H and O–H groups in total. The molecule has 26 heavy (non-hydrogen) atoms. The summed E-state index contributed by atoms with van der Waals surface area (Å²) >= 11 is 0. The van der Waals surface area contributed by atoms with Crippen LogP contribution in [0.1, 0.15) is 54.4 Å². The highest BCUT2D eigenvalue weighted by atomic mass is 16.4. The molecule has 1 saturated carbocycles. The molecule has 0 saturated heterocycles. The highest BCUT2D eigenvalue weighted by molar-refractivity contribution is 5.86. The Morgan fingerprint density at radius 2 is 1.69 bits per heavy atom. The number of phenolic OH excluding ortho intramolecular Hbond substituents is 1. The molecule has 0 bridgehead atoms. The molecule has 3 heteroatoms. The second kappa shape index (κ2) is 8.05. The maximum Gasteiger partial charge on any atom is 0.328 e. The fourth-order valence-electron chi connectivity index (χ4n) is 3.64. The van der Waals surface area contributed by atoms with Gasteiger partial charge in [-0.1, -0.05) is 42.3 Å². The summed E-state index contributed by atoms with van der Waals surface area (Å²) in [4.78, 5) is 10.7. The van der Waals surface area contributed by atoms with Crippen LogP contribution in [0.15, 0.2) is 54.1 Å². The van der Waals surface area contributed by atoms with E-state index in [-0.39, 0.29) is 5.75 Å². The molecule has 0 heterocycles. The smallest absolute Gasteiger partial charge is 0.328 e. The lowest BCUT2D eigenvalue weighted by Crippen LogP contribution is -2.01. The van der Waals surface area contributed by atoms with E-state index in [2.05, 4.69) is 12.1 Å². The predicted molar refractivity (Wildman–Crippen MR) is 105 cm³/mol. The Morgan fingerprint density at radius 3 is 2.31 bits per heavy atom. The van der Waals surface area contributed by atoms with Gasteiger partial charge in [-0.3, -0.25) is 0 Å². The van der Waals surface area contributed by atoms with Gasteiger partial charge in [-0.05, 0) is 78.6 Å². The lowest BCUT2D eigenvalue weighted by atomic mass is 9.83. The third kappa shape index (κ3) is 4.23. The van der Waals surface area contributed by atoms with Gasteiger partial charge in [0.25, 0.3) is 0 Å². The number of benzene rings is 2. The molecule has 3 nitrogen and oxygen atoms in total. The second-order valence-electron chi connectivity index (χ2n) is 6.83. The van der Waals surface area contributed by atoms with Gasteiger partial charge in [-0.25, -0.2) is 4.79 Å². The van der Waals surface area contributed by atoms with Crippen LogP contribution in [0.5, 0.6) is 5.75 Å². The number of aromatic hydroxyl groups is 1. The molecule has 0 aliphatic heterocycles. The molecule has 2 aromatic rings. The van der Waals surface area contributed by atoms with E-state index < -0.39 is 5.97 Å². The van der Waals surface area contributed by atoms with Crippen molar-refractivity contribution in [2.75, 3.05) is 0 Å². The monoisotopic (exact) mass is 348 g/mol. The molecule has 0 spiro atoms. The van der Waals surface area contributed by atoms with Gasteiger partial charge in [0.15, 0.2) is 0 Å². The molecule has 0 radical (unpaired) electrons. The summed E-state index contributed by atoms with van der Waals surface area (Å²) in [5, 5.41) is 18.5. The predicted octanol–water partition coefficient (Wildman–Crippen LogP) is 5.56. The van der Waals surface area contributed by atoms with Crippen LogP contribution in [0.3, 0.4) is 0 Å². The average Bonchev–Trinajstić information content (AvgIpc) is 2.64. The summed E-state index contributed by atoms with van der Waals surface area (Å²) in [5.74, 6) is -0.660. The SMILES string of the molecule is Cc1cc(O)ccc1C(=C1CCCCC1)c1ccc(/C=C/C(=O)O)cc1. The topological polar surface area (TPSA) is 57.5 Å². The van der Waals surface area contributed by atoms with E-state index in [0.717, 1.165) is 41.2 Å². The molecule has 2 aromatic carbocycles. The van der Waals surface area contributed by atoms with Crippen molar-refractivity contribution in [1.29, 1.82) is 0 Å². The second-order valence-corrected chi connectivity index (χ2v) is 6.83. The van der Waals surface area contributed by atoms with Crippen LogP contribution in [0, 0.1) is 6.92 Å². The standard InChI is InChI=1S/C23H24O3/c1-16-15-20(24)12-13-21(16)23(18-5-3-2-4-6-18)19-10-7-17(8-11-19)9-14-22(25)26/h7-15,24H,2-6H2,1H3,(H,25,26)/b14-9+. The molecule has 0 unspecified atom stereocenters. The Bertz CT molecular complexity index is 850. The Morgan fingerprint density at radius 1 is 1.00 bits per heavy atom. The third-order valence-corrected chi connectivity index (χ3v) is 4.91. The number of aryl methyl sites for hydroxylation is 1. The van der Waals surface area contributed by atoms with E-state index in [1.165, 1.54) is 30.4 Å². The zero-order valence-corrected chi connectivity index (χ0v) is 15.0. The van der Waals surface area contributed by atoms with Gasteiger partial charge >= 0.3 is 5.97 Å². The third-order valence-electron chi connectivity index (χ3n) is 4.91. The number of aliphatic carboxylic acids is 1. The van der Waals surface area contributed by atoms with Crippen LogP contribution in [0.2, 0.25) is 0 Å². The highest BCUT2D eigenvalue weighted by Gasteiger charge is 2.16. The molecule has 134 valence electrons. The van der Waals surface area contributed by atoms with Crippen LogP contribution in [-0.4, -0.2) is 16.2 Å². The first-order valence-electron chi connectivity index (χ1n) is 9.08. The molecule has 1 aliphatic rings. The fourth-order valence-corrected chi connectivity index (χ4v) is 3.64. The number of hydrogen-bond donors (Lipinski definition) is 2. The Kier molecular flexibility index (Phi) is 5.57. The van der Waals surface area contributed by atoms with Gasteiger partial charge in [0.05, 0.1) is 0 Å². The fraction of sp³-hybridized carbons (Fsp3) is 0.261. The zero-order chi connectivity index (χ0) is 18.5. The zero-order valence-electron chi connectivity index (χ0n) is 15.0. The summed E-state index contributed by atoms with van der Waals surface area (Å²) < 4.78 is 0. The van der Waals surface area contributed by atoms with Crippen molar-refractivity contribution in [3.05, 3.63) is 76.4 Å². The van der Waals surface area contributed by atoms with E-state index in [1.54, 1.807) is 12.1 Å². The summed E-state index contributed by atoms with van der Waals surface area (Å²) in [6.45, 7) is 2.03. The van der Waals surface area contributed by atoms with Crippen molar-refractivity contribution < 1.29 is 15.0 Å². The van der Waals surface area contributed by atoms with Crippen molar-refractivity contribution in [2.45, 2.75) is 39.0 Å². The minimum Gasteiger partial charge on any atom is -0.508 e. The molecular weight excluding hydrogens is 324 g/mol. The number of rotatable bonds is 4. The Hall–Kier alpha value is -2.81. The number of phenols is 1. The normalized spacial score (nSPS) is 14.6. The number of carbonyl (C=O) groups is 1. The quantitative estimate of drug-likeness (QED) is 0.711. The van der Waals surface area contributed by atoms with Gasteiger partial charge in [-0.15, -0.1) is 0 Å². The van der Waals surface area contributed by atoms with Crippen LogP contribution in [-0.2, 0) is 4.79 Å². The van der Waals surface area contributed by atoms with Gasteiger partial charge in [-0.2, -0.15) is 0 Å². The van der Waals surface area contributed by atoms with Crippen molar-refractivity contribution >= 4 is 17.6 Å². The summed E-state index contributed by atoms with van der Waals surface area (Å²) in [6, 6.07) is 13.6. The van der Waals surface area contributed by atoms with E-state index in [0.29, 0.717) is 0 Å². The molecule has 1 aliphatic carbocycles. The number of carboxylic acid groups (broad SMARTS) is 1. The minimum atomic E-state index is -0.946. The van der Waals surface area contributed by atoms with Gasteiger partial charge in [0, 0.05) is 6.08 Å². The number of allylic oxidation sites excluding steroid dienone is 1. The maximum atomic E-state index is 10.7. The van der Waals surface area contributed by atoms with Crippen LogP contribution < -0.4 is 0 Å². The van der Waals surface area contributed by atoms with E-state index in [9.17, 15) is 9.90 Å². The van der Waals surface area contributed by atoms with Gasteiger partial charge in [0.1, 0.15) is 5.75 Å². The van der Waals surface area contributed by atoms with E-state index >= 15 is 0 Å². The van der Waals surface area contributed by atoms with Crippen LogP contribution >= 0.6 is 0 Å². The number of carboxylic acids is 1. The molecule has 0 atom stereocenters. The lowest BCUT2D eigenvalue weighted by Gasteiger charge is -2.21. The van der Waals surface area contributed by atoms with E-state index in [1.807, 2.05) is 31.2 Å². The maximum absolute atomic E-state index is 10.7. The van der Waals surface area contributed by atoms with Crippen molar-refractivity contribution in [1.82, 2.24) is 0 Å². The molecule has 0 aromatic heterocycles. The van der Waals surface area contributed by atoms with E-state index in [4.69, 9.17) is 5.11 Å². The first-order valence-corrected chi connectivity index (χ1v) is 9.08. The minimum absolute atomic E-state index is 0.286. The molecule has 0 amide bonds. The summed E-state index contributed by atoms with van der Waals surface area (Å²) in [6.07, 6.45) is 8.69. The first-order chi connectivity index (χ1) is 12.5. The highest BCUT2D eigenvalue weighted by Crippen LogP contribution is 2.37. The van der Waals surface area contributed by atoms with Crippen molar-refractivity contribution in [3.8, 4) is 5.75 Å². The molecular formula is C23H24O3. The summed E-state index contributed by atoms with van der Waals surface area (Å²) in [7, 11) is 0. The number of hydrogen-bond acceptors (Lipinski definition) is 2. The molecule has 1 fully saturated rings.